The van der Waals surface area contributed by atoms with Gasteiger partial charge in [0.25, 0.3) is 5.91 Å². The number of carboxylic acids is 1. The van der Waals surface area contributed by atoms with Crippen LogP contribution in [0.25, 0.3) is 10.4 Å². The summed E-state index contributed by atoms with van der Waals surface area (Å²) in [7, 11) is 0. The number of aliphatic hydroxyl groups is 1. The normalized spacial score (nSPS) is 15.2. The number of hydrogen-bond donors (Lipinski definition) is 3. The Hall–Kier alpha value is -2.18. The highest BCUT2D eigenvalue weighted by atomic mass is 32.1. The van der Waals surface area contributed by atoms with Gasteiger partial charge in [-0.3, -0.25) is 4.79 Å². The molecule has 1 aromatic heterocycles. The quantitative estimate of drug-likeness (QED) is 0.800. The molecule has 6 heteroatoms. The van der Waals surface area contributed by atoms with Crippen molar-refractivity contribution in [1.29, 1.82) is 0 Å². The minimum absolute atomic E-state index is 0.333. The van der Waals surface area contributed by atoms with Crippen molar-refractivity contribution in [2.75, 3.05) is 6.54 Å². The molecule has 5 nitrogen and oxygen atoms in total. The summed E-state index contributed by atoms with van der Waals surface area (Å²) in [6, 6.07) is 10.0. The maximum Gasteiger partial charge on any atom is 0.337 e. The molecule has 0 spiro atoms. The first-order valence-corrected chi connectivity index (χ1v) is 8.15. The Bertz CT molecular complexity index is 779. The van der Waals surface area contributed by atoms with Crippen LogP contribution in [0, 0.1) is 0 Å². The molecule has 0 bridgehead atoms. The second-order valence-electron chi connectivity index (χ2n) is 5.88. The lowest BCUT2D eigenvalue weighted by atomic mass is 9.91. The number of rotatable bonds is 4. The smallest absolute Gasteiger partial charge is 0.337 e. The molecule has 3 rings (SSSR count). The summed E-state index contributed by atoms with van der Waals surface area (Å²) in [6.45, 7) is 0.825. The molecule has 0 saturated heterocycles. The van der Waals surface area contributed by atoms with Gasteiger partial charge in [-0.25, -0.2) is 4.79 Å². The van der Waals surface area contributed by atoms with Gasteiger partial charge in [0.1, 0.15) is 0 Å². The van der Waals surface area contributed by atoms with Gasteiger partial charge in [0, 0.05) is 4.88 Å². The zero-order chi connectivity index (χ0) is 16.6. The zero-order valence-corrected chi connectivity index (χ0v) is 13.4. The maximum atomic E-state index is 12.2. The summed E-state index contributed by atoms with van der Waals surface area (Å²) in [5, 5.41) is 21.0. The predicted octanol–water partition coefficient (Wildman–Crippen LogP) is 2.08. The fraction of sp³-hybridized carbons (Fsp3) is 0.294. The first-order valence-electron chi connectivity index (χ1n) is 7.33. The van der Waals surface area contributed by atoms with Gasteiger partial charge >= 0.3 is 5.97 Å². The molecule has 1 amide bonds. The van der Waals surface area contributed by atoms with Gasteiger partial charge < -0.3 is 15.5 Å². The first-order chi connectivity index (χ1) is 10.9. The van der Waals surface area contributed by atoms with Gasteiger partial charge in [-0.15, -0.1) is 11.3 Å². The Morgan fingerprint density at radius 2 is 1.96 bits per heavy atom. The molecule has 1 aliphatic carbocycles. The lowest BCUT2D eigenvalue weighted by Gasteiger charge is -2.17. The van der Waals surface area contributed by atoms with E-state index in [-0.39, 0.29) is 12.5 Å². The third-order valence-corrected chi connectivity index (χ3v) is 5.22. The summed E-state index contributed by atoms with van der Waals surface area (Å²) in [4.78, 5) is 24.7. The summed E-state index contributed by atoms with van der Waals surface area (Å²) in [5.74, 6) is -1.72. The van der Waals surface area contributed by atoms with E-state index in [1.807, 2.05) is 18.2 Å². The van der Waals surface area contributed by atoms with E-state index < -0.39 is 11.6 Å². The fourth-order valence-corrected chi connectivity index (χ4v) is 3.79. The van der Waals surface area contributed by atoms with E-state index in [9.17, 15) is 14.7 Å². The van der Waals surface area contributed by atoms with E-state index in [2.05, 4.69) is 17.4 Å². The summed E-state index contributed by atoms with van der Waals surface area (Å²) >= 11 is 1.40. The van der Waals surface area contributed by atoms with Crippen LogP contribution in [0.15, 0.2) is 30.3 Å². The Labute approximate surface area is 137 Å². The Balaban J connectivity index is 1.80. The van der Waals surface area contributed by atoms with Crippen LogP contribution >= 0.6 is 11.3 Å². The molecule has 23 heavy (non-hydrogen) atoms. The molecule has 1 aromatic carbocycles. The van der Waals surface area contributed by atoms with Crippen LogP contribution < -0.4 is 5.32 Å². The largest absolute Gasteiger partial charge is 0.479 e. The van der Waals surface area contributed by atoms with Crippen molar-refractivity contribution in [2.45, 2.75) is 25.4 Å². The predicted molar refractivity (Wildman–Crippen MR) is 87.8 cm³/mol. The zero-order valence-electron chi connectivity index (χ0n) is 12.6. The number of amides is 1. The highest BCUT2D eigenvalue weighted by molar-refractivity contribution is 7.17. The van der Waals surface area contributed by atoms with Gasteiger partial charge in [-0.1, -0.05) is 24.3 Å². The molecular formula is C17H17NO4S. The summed E-state index contributed by atoms with van der Waals surface area (Å²) in [5.41, 5.74) is 1.61. The molecule has 0 fully saturated rings. The minimum Gasteiger partial charge on any atom is -0.479 e. The lowest BCUT2D eigenvalue weighted by molar-refractivity contribution is -0.155. The SMILES string of the molecule is CC(O)(CNC(=O)c1cc2c(s1)-c1ccccc1CC2)C(=O)O. The second-order valence-corrected chi connectivity index (χ2v) is 6.94. The van der Waals surface area contributed by atoms with Gasteiger partial charge in [0.15, 0.2) is 5.60 Å². The molecule has 1 atom stereocenters. The van der Waals surface area contributed by atoms with Crippen molar-refractivity contribution in [1.82, 2.24) is 5.32 Å². The van der Waals surface area contributed by atoms with Crippen LogP contribution in [0.3, 0.4) is 0 Å². The number of carbonyl (C=O) groups excluding carboxylic acids is 1. The maximum absolute atomic E-state index is 12.2. The van der Waals surface area contributed by atoms with E-state index in [4.69, 9.17) is 5.11 Å². The van der Waals surface area contributed by atoms with Gasteiger partial charge in [0.05, 0.1) is 11.4 Å². The van der Waals surface area contributed by atoms with Crippen molar-refractivity contribution in [3.63, 3.8) is 0 Å². The summed E-state index contributed by atoms with van der Waals surface area (Å²) in [6.07, 6.45) is 1.84. The number of nitrogens with one attached hydrogen (secondary N) is 1. The first kappa shape index (κ1) is 15.7. The Kier molecular flexibility index (Phi) is 3.95. The van der Waals surface area contributed by atoms with E-state index in [0.29, 0.717) is 4.88 Å². The van der Waals surface area contributed by atoms with Crippen LogP contribution in [0.4, 0.5) is 0 Å². The van der Waals surface area contributed by atoms with Crippen molar-refractivity contribution in [3.05, 3.63) is 46.3 Å². The van der Waals surface area contributed by atoms with E-state index >= 15 is 0 Å². The third kappa shape index (κ3) is 3.00. The molecule has 0 radical (unpaired) electrons. The molecule has 1 heterocycles. The summed E-state index contributed by atoms with van der Waals surface area (Å²) < 4.78 is 0. The van der Waals surface area contributed by atoms with E-state index in [1.54, 1.807) is 0 Å². The number of benzene rings is 1. The van der Waals surface area contributed by atoms with Crippen molar-refractivity contribution in [3.8, 4) is 10.4 Å². The number of carbonyl (C=O) groups is 2. The van der Waals surface area contributed by atoms with Crippen molar-refractivity contribution < 1.29 is 19.8 Å². The third-order valence-electron chi connectivity index (χ3n) is 4.01. The Morgan fingerprint density at radius 1 is 1.26 bits per heavy atom. The van der Waals surface area contributed by atoms with Crippen LogP contribution in [0.2, 0.25) is 0 Å². The van der Waals surface area contributed by atoms with E-state index in [1.165, 1.54) is 16.9 Å². The fourth-order valence-electron chi connectivity index (χ4n) is 2.60. The lowest BCUT2D eigenvalue weighted by Crippen LogP contribution is -2.46. The molecule has 120 valence electrons. The molecule has 1 unspecified atom stereocenters. The van der Waals surface area contributed by atoms with Crippen molar-refractivity contribution >= 4 is 23.2 Å². The monoisotopic (exact) mass is 331 g/mol. The molecule has 1 aliphatic rings. The van der Waals surface area contributed by atoms with Gasteiger partial charge in [-0.05, 0) is 42.5 Å². The second kappa shape index (κ2) is 5.79. The molecular weight excluding hydrogens is 314 g/mol. The average Bonchev–Trinajstić information content (AvgIpc) is 2.97. The number of hydrogen-bond acceptors (Lipinski definition) is 4. The molecule has 3 N–H and O–H groups in total. The van der Waals surface area contributed by atoms with Crippen molar-refractivity contribution in [2.24, 2.45) is 0 Å². The Morgan fingerprint density at radius 3 is 2.70 bits per heavy atom. The minimum atomic E-state index is -1.97. The highest BCUT2D eigenvalue weighted by Gasteiger charge is 2.31. The number of fused-ring (bicyclic) bond motifs is 3. The number of aryl methyl sites for hydroxylation is 2. The standard InChI is InChI=1S/C17H17NO4S/c1-17(22,16(20)21)9-18-15(19)13-8-11-7-6-10-4-2-3-5-12(10)14(11)23-13/h2-5,8,22H,6-7,9H2,1H3,(H,18,19)(H,20,21). The topological polar surface area (TPSA) is 86.6 Å². The van der Waals surface area contributed by atoms with Crippen LogP contribution in [-0.2, 0) is 17.6 Å². The number of thiophene rings is 1. The molecule has 2 aromatic rings. The van der Waals surface area contributed by atoms with Gasteiger partial charge in [-0.2, -0.15) is 0 Å². The number of carboxylic acid groups (broad SMARTS) is 1. The molecule has 0 saturated carbocycles. The van der Waals surface area contributed by atoms with Crippen LogP contribution in [0.5, 0.6) is 0 Å². The van der Waals surface area contributed by atoms with Crippen LogP contribution in [0.1, 0.15) is 27.7 Å². The van der Waals surface area contributed by atoms with Crippen LogP contribution in [-0.4, -0.2) is 34.2 Å². The highest BCUT2D eigenvalue weighted by Crippen LogP contribution is 2.39. The van der Waals surface area contributed by atoms with E-state index in [0.717, 1.165) is 35.8 Å². The average molecular weight is 331 g/mol. The van der Waals surface area contributed by atoms with Gasteiger partial charge in [0.2, 0.25) is 0 Å². The number of aliphatic carboxylic acids is 1. The molecule has 0 aliphatic heterocycles.